The largest absolute Gasteiger partial charge is 0.483 e. The average Bonchev–Trinajstić information content (AvgIpc) is 3.17. The maximum Gasteiger partial charge on any atom is 0.290 e. The Balaban J connectivity index is 0.000000565. The molecule has 1 saturated heterocycles. The highest BCUT2D eigenvalue weighted by atomic mass is 16.3. The Labute approximate surface area is 156 Å². The second-order valence-corrected chi connectivity index (χ2v) is 7.25. The standard InChI is InChI=1S/C17H21N7.CH2O2/c1-17(6-7-17)13-11-14(21-20-13)18-15-12-5-4-10-24(12)22-16(19-15)23-8-2-3-9-23;2-1-3/h4-5,10-11H,2-3,6-9H2,1H3,(H2,18,19,20,21,22);1H,(H,2,3). The minimum absolute atomic E-state index is 0.250. The summed E-state index contributed by atoms with van der Waals surface area (Å²) in [5, 5.41) is 22.5. The number of anilines is 3. The van der Waals surface area contributed by atoms with E-state index in [9.17, 15) is 0 Å². The van der Waals surface area contributed by atoms with E-state index in [1.807, 2.05) is 22.8 Å². The number of H-pyrrole nitrogens is 1. The van der Waals surface area contributed by atoms with Crippen LogP contribution < -0.4 is 10.2 Å². The summed E-state index contributed by atoms with van der Waals surface area (Å²) in [6.07, 6.45) is 6.83. The van der Waals surface area contributed by atoms with E-state index in [1.54, 1.807) is 0 Å². The zero-order chi connectivity index (χ0) is 18.9. The Morgan fingerprint density at radius 1 is 1.33 bits per heavy atom. The highest BCUT2D eigenvalue weighted by Gasteiger charge is 2.40. The molecule has 2 fully saturated rings. The number of nitrogens with zero attached hydrogens (tertiary/aromatic N) is 5. The molecule has 1 aliphatic heterocycles. The molecule has 5 rings (SSSR count). The second-order valence-electron chi connectivity index (χ2n) is 7.25. The van der Waals surface area contributed by atoms with Gasteiger partial charge in [-0.05, 0) is 37.8 Å². The van der Waals surface area contributed by atoms with E-state index in [0.717, 1.165) is 36.2 Å². The number of nitrogens with one attached hydrogen (secondary N) is 2. The highest BCUT2D eigenvalue weighted by molar-refractivity contribution is 5.73. The Bertz CT molecular complexity index is 938. The third-order valence-corrected chi connectivity index (χ3v) is 5.24. The summed E-state index contributed by atoms with van der Waals surface area (Å²) in [5.41, 5.74) is 2.44. The summed E-state index contributed by atoms with van der Waals surface area (Å²) in [6, 6.07) is 6.11. The van der Waals surface area contributed by atoms with Gasteiger partial charge in [0.2, 0.25) is 5.95 Å². The molecular formula is C18H23N7O2. The number of hydrogen-bond acceptors (Lipinski definition) is 6. The van der Waals surface area contributed by atoms with Crippen molar-refractivity contribution in [3.05, 3.63) is 30.1 Å². The fourth-order valence-corrected chi connectivity index (χ4v) is 3.34. The number of hydrogen-bond donors (Lipinski definition) is 3. The van der Waals surface area contributed by atoms with Crippen molar-refractivity contribution in [3.63, 3.8) is 0 Å². The Morgan fingerprint density at radius 3 is 2.78 bits per heavy atom. The Morgan fingerprint density at radius 2 is 2.07 bits per heavy atom. The van der Waals surface area contributed by atoms with Crippen LogP contribution in [0.2, 0.25) is 0 Å². The minimum Gasteiger partial charge on any atom is -0.483 e. The molecule has 0 bridgehead atoms. The normalized spacial score (nSPS) is 17.4. The molecule has 3 aromatic heterocycles. The van der Waals surface area contributed by atoms with Crippen molar-refractivity contribution in [1.29, 1.82) is 0 Å². The summed E-state index contributed by atoms with van der Waals surface area (Å²) in [4.78, 5) is 15.4. The molecule has 0 amide bonds. The van der Waals surface area contributed by atoms with Crippen LogP contribution in [-0.2, 0) is 10.2 Å². The summed E-state index contributed by atoms with van der Waals surface area (Å²) in [7, 11) is 0. The lowest BCUT2D eigenvalue weighted by atomic mass is 10.1. The molecule has 1 aliphatic carbocycles. The second kappa shape index (κ2) is 6.90. The van der Waals surface area contributed by atoms with E-state index in [0.29, 0.717) is 0 Å². The van der Waals surface area contributed by atoms with E-state index in [2.05, 4.69) is 38.5 Å². The van der Waals surface area contributed by atoms with E-state index in [-0.39, 0.29) is 11.9 Å². The van der Waals surface area contributed by atoms with Crippen LogP contribution in [0.4, 0.5) is 17.6 Å². The van der Waals surface area contributed by atoms with Crippen LogP contribution in [0, 0.1) is 0 Å². The number of aromatic amines is 1. The highest BCUT2D eigenvalue weighted by Crippen LogP contribution is 2.47. The lowest BCUT2D eigenvalue weighted by Gasteiger charge is -2.16. The first-order valence-electron chi connectivity index (χ1n) is 9.14. The monoisotopic (exact) mass is 369 g/mol. The van der Waals surface area contributed by atoms with Gasteiger partial charge in [0, 0.05) is 36.5 Å². The van der Waals surface area contributed by atoms with Gasteiger partial charge in [-0.2, -0.15) is 10.1 Å². The molecule has 1 saturated carbocycles. The SMILES string of the molecule is CC1(c2cc(Nc3nc(N4CCCC4)nn4cccc34)n[nH]2)CC1.O=CO. The molecule has 0 spiro atoms. The van der Waals surface area contributed by atoms with Crippen molar-refractivity contribution in [1.82, 2.24) is 24.8 Å². The summed E-state index contributed by atoms with van der Waals surface area (Å²) < 4.78 is 1.89. The smallest absolute Gasteiger partial charge is 0.290 e. The molecule has 9 heteroatoms. The first-order chi connectivity index (χ1) is 13.1. The summed E-state index contributed by atoms with van der Waals surface area (Å²) in [6.45, 7) is 4.07. The van der Waals surface area contributed by atoms with Crippen LogP contribution in [0.3, 0.4) is 0 Å². The van der Waals surface area contributed by atoms with Crippen molar-refractivity contribution in [2.24, 2.45) is 0 Å². The molecule has 3 aromatic rings. The maximum absolute atomic E-state index is 8.36. The molecule has 0 atom stereocenters. The third kappa shape index (κ3) is 3.44. The third-order valence-electron chi connectivity index (χ3n) is 5.24. The lowest BCUT2D eigenvalue weighted by Crippen LogP contribution is -2.22. The molecule has 2 aliphatic rings. The first kappa shape index (κ1) is 17.3. The van der Waals surface area contributed by atoms with E-state index in [1.165, 1.54) is 31.4 Å². The summed E-state index contributed by atoms with van der Waals surface area (Å²) >= 11 is 0. The molecule has 3 N–H and O–H groups in total. The lowest BCUT2D eigenvalue weighted by molar-refractivity contribution is -0.122. The van der Waals surface area contributed by atoms with E-state index < -0.39 is 0 Å². The molecular weight excluding hydrogens is 346 g/mol. The number of aromatic nitrogens is 5. The Hall–Kier alpha value is -3.10. The number of carbonyl (C=O) groups is 1. The fourth-order valence-electron chi connectivity index (χ4n) is 3.34. The number of fused-ring (bicyclic) bond motifs is 1. The Kier molecular flexibility index (Phi) is 4.43. The van der Waals surface area contributed by atoms with Crippen molar-refractivity contribution in [2.45, 2.75) is 38.0 Å². The predicted molar refractivity (Wildman–Crippen MR) is 102 cm³/mol. The molecule has 0 radical (unpaired) electrons. The van der Waals surface area contributed by atoms with Gasteiger partial charge in [0.25, 0.3) is 6.47 Å². The van der Waals surface area contributed by atoms with Crippen LogP contribution in [0.15, 0.2) is 24.4 Å². The number of rotatable bonds is 4. The van der Waals surface area contributed by atoms with Gasteiger partial charge in [-0.15, -0.1) is 5.10 Å². The molecule has 9 nitrogen and oxygen atoms in total. The van der Waals surface area contributed by atoms with Gasteiger partial charge in [0.05, 0.1) is 0 Å². The predicted octanol–water partition coefficient (Wildman–Crippen LogP) is 2.55. The van der Waals surface area contributed by atoms with Crippen LogP contribution in [0.5, 0.6) is 0 Å². The van der Waals surface area contributed by atoms with Crippen molar-refractivity contribution in [3.8, 4) is 0 Å². The summed E-state index contributed by atoms with van der Waals surface area (Å²) in [5.74, 6) is 2.40. The van der Waals surface area contributed by atoms with E-state index >= 15 is 0 Å². The van der Waals surface area contributed by atoms with Gasteiger partial charge < -0.3 is 15.3 Å². The molecule has 0 aromatic carbocycles. The maximum atomic E-state index is 8.36. The fraction of sp³-hybridized carbons (Fsp3) is 0.444. The molecule has 142 valence electrons. The van der Waals surface area contributed by atoms with Gasteiger partial charge in [-0.3, -0.25) is 9.89 Å². The van der Waals surface area contributed by atoms with Gasteiger partial charge in [0.15, 0.2) is 11.6 Å². The zero-order valence-electron chi connectivity index (χ0n) is 15.2. The first-order valence-corrected chi connectivity index (χ1v) is 9.14. The zero-order valence-corrected chi connectivity index (χ0v) is 15.2. The molecule has 0 unspecified atom stereocenters. The van der Waals surface area contributed by atoms with Crippen molar-refractivity contribution >= 4 is 29.6 Å². The van der Waals surface area contributed by atoms with Crippen molar-refractivity contribution in [2.75, 3.05) is 23.3 Å². The van der Waals surface area contributed by atoms with Gasteiger partial charge in [0.1, 0.15) is 5.52 Å². The minimum atomic E-state index is -0.250. The van der Waals surface area contributed by atoms with Gasteiger partial charge in [-0.1, -0.05) is 6.92 Å². The van der Waals surface area contributed by atoms with Crippen LogP contribution in [0.25, 0.3) is 5.52 Å². The van der Waals surface area contributed by atoms with Gasteiger partial charge in [-0.25, -0.2) is 4.52 Å². The quantitative estimate of drug-likeness (QED) is 0.606. The van der Waals surface area contributed by atoms with Crippen LogP contribution in [0.1, 0.15) is 38.3 Å². The number of carboxylic acid groups (broad SMARTS) is 1. The van der Waals surface area contributed by atoms with Crippen molar-refractivity contribution < 1.29 is 9.90 Å². The molecule has 27 heavy (non-hydrogen) atoms. The molecule has 4 heterocycles. The van der Waals surface area contributed by atoms with Gasteiger partial charge >= 0.3 is 0 Å². The average molecular weight is 369 g/mol. The topological polar surface area (TPSA) is 111 Å². The van der Waals surface area contributed by atoms with Crippen LogP contribution >= 0.6 is 0 Å². The van der Waals surface area contributed by atoms with Crippen LogP contribution in [-0.4, -0.2) is 49.5 Å². The van der Waals surface area contributed by atoms with E-state index in [4.69, 9.17) is 14.9 Å².